The number of nitrogens with one attached hydrogen (secondary N) is 1. The van der Waals surface area contributed by atoms with Gasteiger partial charge in [-0.05, 0) is 40.6 Å². The lowest BCUT2D eigenvalue weighted by Crippen LogP contribution is -2.01. The molecule has 4 nitrogen and oxygen atoms in total. The monoisotopic (exact) mass is 336 g/mol. The van der Waals surface area contributed by atoms with E-state index in [1.807, 2.05) is 29.0 Å². The van der Waals surface area contributed by atoms with Gasteiger partial charge in [-0.1, -0.05) is 6.07 Å². The van der Waals surface area contributed by atoms with E-state index in [1.54, 1.807) is 31.6 Å². The van der Waals surface area contributed by atoms with Crippen LogP contribution in [-0.4, -0.2) is 22.0 Å². The van der Waals surface area contributed by atoms with Crippen LogP contribution in [0.3, 0.4) is 0 Å². The van der Waals surface area contributed by atoms with Crippen LogP contribution < -0.4 is 5.32 Å². The molecule has 1 aromatic carbocycles. The lowest BCUT2D eigenvalue weighted by Gasteiger charge is -2.10. The Morgan fingerprint density at radius 2 is 2.00 bits per heavy atom. The zero-order valence-corrected chi connectivity index (χ0v) is 13.6. The number of nitrogens with zero attached hydrogens (tertiary/aromatic N) is 3. The minimum absolute atomic E-state index is 0.303. The Hall–Kier alpha value is -2.86. The van der Waals surface area contributed by atoms with Crippen molar-refractivity contribution in [3.63, 3.8) is 0 Å². The molecule has 3 aromatic heterocycles. The molecular weight excluding hydrogens is 323 g/mol. The number of halogens is 1. The van der Waals surface area contributed by atoms with Crippen molar-refractivity contribution in [2.45, 2.75) is 0 Å². The standard InChI is InChI=1S/C18H13FN4S/c1-20-18-14-5-4-13(12-6-8-24-10-12)15(19)16(14)22-17(23-18)11-3-2-7-21-9-11/h2-10H,1H3,(H,20,22,23). The number of rotatable bonds is 3. The summed E-state index contributed by atoms with van der Waals surface area (Å²) in [5.41, 5.74) is 2.45. The Morgan fingerprint density at radius 3 is 2.71 bits per heavy atom. The number of hydrogen-bond donors (Lipinski definition) is 1. The highest BCUT2D eigenvalue weighted by Crippen LogP contribution is 2.32. The second-order valence-corrected chi connectivity index (χ2v) is 6.00. The second-order valence-electron chi connectivity index (χ2n) is 5.22. The first-order chi connectivity index (χ1) is 11.8. The van der Waals surface area contributed by atoms with E-state index in [2.05, 4.69) is 20.3 Å². The maximum absolute atomic E-state index is 15.1. The van der Waals surface area contributed by atoms with Gasteiger partial charge in [0.05, 0.1) is 0 Å². The molecule has 0 aliphatic rings. The van der Waals surface area contributed by atoms with Crippen LogP contribution in [0.25, 0.3) is 33.4 Å². The average Bonchev–Trinajstić information content (AvgIpc) is 3.16. The molecule has 0 saturated heterocycles. The molecule has 24 heavy (non-hydrogen) atoms. The van der Waals surface area contributed by atoms with E-state index in [9.17, 15) is 0 Å². The number of pyridine rings is 1. The predicted molar refractivity (Wildman–Crippen MR) is 95.6 cm³/mol. The Morgan fingerprint density at radius 1 is 1.08 bits per heavy atom. The summed E-state index contributed by atoms with van der Waals surface area (Å²) in [6.45, 7) is 0. The van der Waals surface area contributed by atoms with Crippen LogP contribution in [0.1, 0.15) is 0 Å². The minimum Gasteiger partial charge on any atom is -0.373 e. The number of thiophene rings is 1. The topological polar surface area (TPSA) is 50.7 Å². The Balaban J connectivity index is 2.00. The Labute approximate surface area is 142 Å². The zero-order valence-electron chi connectivity index (χ0n) is 12.8. The number of anilines is 1. The summed E-state index contributed by atoms with van der Waals surface area (Å²) in [6, 6.07) is 9.18. The molecule has 0 atom stereocenters. The molecule has 4 aromatic rings. The number of aromatic nitrogens is 3. The molecule has 118 valence electrons. The van der Waals surface area contributed by atoms with Crippen molar-refractivity contribution in [2.75, 3.05) is 12.4 Å². The molecule has 0 unspecified atom stereocenters. The molecule has 1 N–H and O–H groups in total. The average molecular weight is 336 g/mol. The fourth-order valence-electron chi connectivity index (χ4n) is 2.62. The van der Waals surface area contributed by atoms with E-state index >= 15 is 4.39 Å². The van der Waals surface area contributed by atoms with Crippen LogP contribution in [-0.2, 0) is 0 Å². The summed E-state index contributed by atoms with van der Waals surface area (Å²) in [6.07, 6.45) is 3.35. The minimum atomic E-state index is -0.338. The maximum atomic E-state index is 15.1. The van der Waals surface area contributed by atoms with Crippen molar-refractivity contribution in [1.29, 1.82) is 0 Å². The number of benzene rings is 1. The van der Waals surface area contributed by atoms with Gasteiger partial charge in [-0.2, -0.15) is 11.3 Å². The molecule has 0 fully saturated rings. The highest BCUT2D eigenvalue weighted by atomic mass is 32.1. The quantitative estimate of drug-likeness (QED) is 0.594. The maximum Gasteiger partial charge on any atom is 0.163 e. The molecule has 0 bridgehead atoms. The first-order valence-electron chi connectivity index (χ1n) is 7.39. The molecule has 6 heteroatoms. The van der Waals surface area contributed by atoms with Gasteiger partial charge in [0.15, 0.2) is 11.6 Å². The molecule has 4 rings (SSSR count). The second kappa shape index (κ2) is 5.98. The van der Waals surface area contributed by atoms with Crippen molar-refractivity contribution >= 4 is 28.1 Å². The lowest BCUT2D eigenvalue weighted by molar-refractivity contribution is 0.640. The van der Waals surface area contributed by atoms with E-state index in [4.69, 9.17) is 0 Å². The first kappa shape index (κ1) is 14.7. The fourth-order valence-corrected chi connectivity index (χ4v) is 3.27. The van der Waals surface area contributed by atoms with E-state index in [0.717, 1.165) is 11.1 Å². The smallest absolute Gasteiger partial charge is 0.163 e. The number of hydrogen-bond acceptors (Lipinski definition) is 5. The van der Waals surface area contributed by atoms with Gasteiger partial charge in [0, 0.05) is 36.0 Å². The molecule has 3 heterocycles. The summed E-state index contributed by atoms with van der Waals surface area (Å²) in [7, 11) is 1.76. The number of fused-ring (bicyclic) bond motifs is 1. The van der Waals surface area contributed by atoms with Crippen molar-refractivity contribution < 1.29 is 4.39 Å². The largest absolute Gasteiger partial charge is 0.373 e. The SMILES string of the molecule is CNc1nc(-c2cccnc2)nc2c(F)c(-c3ccsc3)ccc12. The van der Waals surface area contributed by atoms with Gasteiger partial charge >= 0.3 is 0 Å². The zero-order chi connectivity index (χ0) is 16.5. The van der Waals surface area contributed by atoms with E-state index < -0.39 is 0 Å². The van der Waals surface area contributed by atoms with Gasteiger partial charge in [0.2, 0.25) is 0 Å². The third kappa shape index (κ3) is 2.41. The van der Waals surface area contributed by atoms with Crippen molar-refractivity contribution in [2.24, 2.45) is 0 Å². The highest BCUT2D eigenvalue weighted by molar-refractivity contribution is 7.08. The highest BCUT2D eigenvalue weighted by Gasteiger charge is 2.16. The van der Waals surface area contributed by atoms with Crippen LogP contribution in [0.5, 0.6) is 0 Å². The van der Waals surface area contributed by atoms with Crippen molar-refractivity contribution in [3.8, 4) is 22.5 Å². The summed E-state index contributed by atoms with van der Waals surface area (Å²) in [5, 5.41) is 7.53. The molecule has 0 radical (unpaired) electrons. The van der Waals surface area contributed by atoms with Crippen LogP contribution in [0.15, 0.2) is 53.5 Å². The fraction of sp³-hybridized carbons (Fsp3) is 0.0556. The molecule has 0 aliphatic heterocycles. The van der Waals surface area contributed by atoms with Gasteiger partial charge in [-0.15, -0.1) is 0 Å². The van der Waals surface area contributed by atoms with Gasteiger partial charge in [-0.3, -0.25) is 4.98 Å². The Kier molecular flexibility index (Phi) is 3.66. The van der Waals surface area contributed by atoms with Crippen LogP contribution in [0.2, 0.25) is 0 Å². The molecule has 0 amide bonds. The molecule has 0 spiro atoms. The van der Waals surface area contributed by atoms with Gasteiger partial charge in [-0.25, -0.2) is 14.4 Å². The van der Waals surface area contributed by atoms with Gasteiger partial charge in [0.1, 0.15) is 11.3 Å². The summed E-state index contributed by atoms with van der Waals surface area (Å²) < 4.78 is 15.1. The van der Waals surface area contributed by atoms with E-state index in [-0.39, 0.29) is 5.82 Å². The molecule has 0 aliphatic carbocycles. The van der Waals surface area contributed by atoms with Crippen molar-refractivity contribution in [3.05, 3.63) is 59.3 Å². The summed E-state index contributed by atoms with van der Waals surface area (Å²) >= 11 is 1.54. The van der Waals surface area contributed by atoms with Gasteiger partial charge in [0.25, 0.3) is 0 Å². The van der Waals surface area contributed by atoms with Crippen molar-refractivity contribution in [1.82, 2.24) is 15.0 Å². The van der Waals surface area contributed by atoms with Crippen LogP contribution >= 0.6 is 11.3 Å². The van der Waals surface area contributed by atoms with Crippen LogP contribution in [0, 0.1) is 5.82 Å². The molecule has 0 saturated carbocycles. The first-order valence-corrected chi connectivity index (χ1v) is 8.33. The van der Waals surface area contributed by atoms with Gasteiger partial charge < -0.3 is 5.32 Å². The normalized spacial score (nSPS) is 10.9. The summed E-state index contributed by atoms with van der Waals surface area (Å²) in [5.74, 6) is 0.700. The third-order valence-corrected chi connectivity index (χ3v) is 4.48. The summed E-state index contributed by atoms with van der Waals surface area (Å²) in [4.78, 5) is 13.0. The van der Waals surface area contributed by atoms with Crippen LogP contribution in [0.4, 0.5) is 10.2 Å². The molecular formula is C18H13FN4S. The third-order valence-electron chi connectivity index (χ3n) is 3.80. The van der Waals surface area contributed by atoms with E-state index in [1.165, 1.54) is 11.3 Å². The lowest BCUT2D eigenvalue weighted by atomic mass is 10.1. The van der Waals surface area contributed by atoms with E-state index in [0.29, 0.717) is 28.1 Å². The Bertz CT molecular complexity index is 1000. The predicted octanol–water partition coefficient (Wildman–Crippen LogP) is 4.60.